The van der Waals surface area contributed by atoms with Crippen LogP contribution in [0.25, 0.3) is 0 Å². The highest BCUT2D eigenvalue weighted by Crippen LogP contribution is 2.27. The molecule has 3 N–H and O–H groups in total. The Bertz CT molecular complexity index is 1010. The van der Waals surface area contributed by atoms with E-state index in [-0.39, 0.29) is 11.8 Å². The summed E-state index contributed by atoms with van der Waals surface area (Å²) in [5.41, 5.74) is 9.17. The molecule has 0 saturated heterocycles. The van der Waals surface area contributed by atoms with E-state index in [0.717, 1.165) is 32.1 Å². The van der Waals surface area contributed by atoms with Gasteiger partial charge in [0, 0.05) is 19.0 Å². The van der Waals surface area contributed by atoms with E-state index in [1.54, 1.807) is 12.1 Å². The van der Waals surface area contributed by atoms with E-state index in [4.69, 9.17) is 5.73 Å². The number of hydrogen-bond acceptors (Lipinski definition) is 2. The summed E-state index contributed by atoms with van der Waals surface area (Å²) in [6.07, 6.45) is 6.13. The smallest absolute Gasteiger partial charge is 0.319 e. The first-order chi connectivity index (χ1) is 17.1. The van der Waals surface area contributed by atoms with Gasteiger partial charge in [-0.3, -0.25) is 9.69 Å². The van der Waals surface area contributed by atoms with E-state index in [0.29, 0.717) is 24.3 Å². The Hall–Kier alpha value is -3.60. The SMILES string of the molecule is CCCCCCCN(C(N)=O)c1ccccc1C(=O)NCCC(c1ccccc1)c1ccccc1. The minimum absolute atomic E-state index is 0.179. The molecule has 5 heteroatoms. The molecule has 0 atom stereocenters. The van der Waals surface area contributed by atoms with Crippen molar-refractivity contribution in [3.63, 3.8) is 0 Å². The van der Waals surface area contributed by atoms with Crippen molar-refractivity contribution in [1.29, 1.82) is 0 Å². The third-order valence-electron chi connectivity index (χ3n) is 6.31. The lowest BCUT2D eigenvalue weighted by Crippen LogP contribution is -2.38. The van der Waals surface area contributed by atoms with Crippen LogP contribution >= 0.6 is 0 Å². The van der Waals surface area contributed by atoms with Crippen LogP contribution in [-0.4, -0.2) is 25.0 Å². The zero-order valence-corrected chi connectivity index (χ0v) is 20.7. The lowest BCUT2D eigenvalue weighted by atomic mass is 9.88. The molecule has 0 aliphatic carbocycles. The van der Waals surface area contributed by atoms with Gasteiger partial charge in [0.05, 0.1) is 11.3 Å². The number of amides is 3. The summed E-state index contributed by atoms with van der Waals surface area (Å²) >= 11 is 0. The second-order valence-electron chi connectivity index (χ2n) is 8.84. The molecule has 0 unspecified atom stereocenters. The number of nitrogens with zero attached hydrogens (tertiary/aromatic N) is 1. The molecule has 3 aromatic carbocycles. The molecule has 0 radical (unpaired) electrons. The van der Waals surface area contributed by atoms with Crippen molar-refractivity contribution < 1.29 is 9.59 Å². The first kappa shape index (κ1) is 26.0. The first-order valence-corrected chi connectivity index (χ1v) is 12.7. The molecule has 184 valence electrons. The summed E-state index contributed by atoms with van der Waals surface area (Å²) in [4.78, 5) is 26.9. The zero-order valence-electron chi connectivity index (χ0n) is 20.7. The summed E-state index contributed by atoms with van der Waals surface area (Å²) in [6.45, 7) is 3.19. The first-order valence-electron chi connectivity index (χ1n) is 12.7. The van der Waals surface area contributed by atoms with Crippen molar-refractivity contribution in [2.45, 2.75) is 51.4 Å². The molecule has 3 rings (SSSR count). The van der Waals surface area contributed by atoms with Crippen LogP contribution in [0.5, 0.6) is 0 Å². The number of anilines is 1. The molecule has 0 saturated carbocycles. The summed E-state index contributed by atoms with van der Waals surface area (Å²) in [7, 11) is 0. The van der Waals surface area contributed by atoms with E-state index in [1.165, 1.54) is 22.4 Å². The Morgan fingerprint density at radius 3 is 1.97 bits per heavy atom. The number of unbranched alkanes of at least 4 members (excludes halogenated alkanes) is 4. The number of para-hydroxylation sites is 1. The molecule has 3 aromatic rings. The quantitative estimate of drug-likeness (QED) is 0.279. The van der Waals surface area contributed by atoms with Gasteiger partial charge in [-0.15, -0.1) is 0 Å². The van der Waals surface area contributed by atoms with Crippen molar-refractivity contribution in [3.8, 4) is 0 Å². The van der Waals surface area contributed by atoms with Gasteiger partial charge < -0.3 is 11.1 Å². The third-order valence-corrected chi connectivity index (χ3v) is 6.31. The number of carbonyl (C=O) groups excluding carboxylic acids is 2. The molecule has 0 bridgehead atoms. The molecule has 0 heterocycles. The maximum atomic E-state index is 13.2. The van der Waals surface area contributed by atoms with Crippen LogP contribution in [0.15, 0.2) is 84.9 Å². The van der Waals surface area contributed by atoms with Gasteiger partial charge in [0.1, 0.15) is 0 Å². The Labute approximate surface area is 209 Å². The van der Waals surface area contributed by atoms with Crippen LogP contribution < -0.4 is 16.0 Å². The minimum atomic E-state index is -0.533. The van der Waals surface area contributed by atoms with Crippen LogP contribution in [0.2, 0.25) is 0 Å². The average molecular weight is 472 g/mol. The highest BCUT2D eigenvalue weighted by molar-refractivity contribution is 6.04. The fourth-order valence-corrected chi connectivity index (χ4v) is 4.45. The molecule has 0 aromatic heterocycles. The second kappa shape index (κ2) is 14.0. The van der Waals surface area contributed by atoms with Crippen LogP contribution in [0.3, 0.4) is 0 Å². The fraction of sp³-hybridized carbons (Fsp3) is 0.333. The second-order valence-corrected chi connectivity index (χ2v) is 8.84. The van der Waals surface area contributed by atoms with Crippen molar-refractivity contribution in [1.82, 2.24) is 5.32 Å². The molecule has 0 spiro atoms. The number of nitrogens with one attached hydrogen (secondary N) is 1. The van der Waals surface area contributed by atoms with E-state index in [1.807, 2.05) is 48.5 Å². The van der Waals surface area contributed by atoms with E-state index in [2.05, 4.69) is 36.5 Å². The van der Waals surface area contributed by atoms with Gasteiger partial charge in [-0.1, -0.05) is 105 Å². The third kappa shape index (κ3) is 7.71. The number of urea groups is 1. The minimum Gasteiger partial charge on any atom is -0.352 e. The molecular formula is C30H37N3O2. The highest BCUT2D eigenvalue weighted by atomic mass is 16.2. The van der Waals surface area contributed by atoms with Gasteiger partial charge in [-0.05, 0) is 36.1 Å². The maximum absolute atomic E-state index is 13.2. The predicted molar refractivity (Wildman–Crippen MR) is 144 cm³/mol. The fourth-order valence-electron chi connectivity index (χ4n) is 4.45. The molecule has 0 aliphatic heterocycles. The van der Waals surface area contributed by atoms with Crippen LogP contribution in [0.4, 0.5) is 10.5 Å². The van der Waals surface area contributed by atoms with Gasteiger partial charge in [0.2, 0.25) is 0 Å². The largest absolute Gasteiger partial charge is 0.352 e. The summed E-state index contributed by atoms with van der Waals surface area (Å²) in [6, 6.07) is 27.4. The van der Waals surface area contributed by atoms with Gasteiger partial charge in [0.25, 0.3) is 5.91 Å². The van der Waals surface area contributed by atoms with Crippen molar-refractivity contribution in [3.05, 3.63) is 102 Å². The van der Waals surface area contributed by atoms with Crippen molar-refractivity contribution in [2.75, 3.05) is 18.0 Å². The van der Waals surface area contributed by atoms with Crippen molar-refractivity contribution >= 4 is 17.6 Å². The van der Waals surface area contributed by atoms with E-state index >= 15 is 0 Å². The summed E-state index contributed by atoms with van der Waals surface area (Å²) < 4.78 is 0. The van der Waals surface area contributed by atoms with Gasteiger partial charge in [0.15, 0.2) is 0 Å². The number of nitrogens with two attached hydrogens (primary N) is 1. The van der Waals surface area contributed by atoms with Crippen LogP contribution in [0, 0.1) is 0 Å². The van der Waals surface area contributed by atoms with E-state index in [9.17, 15) is 9.59 Å². The average Bonchev–Trinajstić information content (AvgIpc) is 2.89. The Kier molecular flexibility index (Phi) is 10.4. The number of benzene rings is 3. The monoisotopic (exact) mass is 471 g/mol. The number of rotatable bonds is 13. The van der Waals surface area contributed by atoms with Gasteiger partial charge >= 0.3 is 6.03 Å². The van der Waals surface area contributed by atoms with E-state index < -0.39 is 6.03 Å². The lowest BCUT2D eigenvalue weighted by Gasteiger charge is -2.23. The molecule has 3 amide bonds. The van der Waals surface area contributed by atoms with Crippen molar-refractivity contribution in [2.24, 2.45) is 5.73 Å². The highest BCUT2D eigenvalue weighted by Gasteiger charge is 2.20. The number of hydrogen-bond donors (Lipinski definition) is 2. The molecule has 0 fully saturated rings. The van der Waals surface area contributed by atoms with Gasteiger partial charge in [-0.2, -0.15) is 0 Å². The molecule has 5 nitrogen and oxygen atoms in total. The topological polar surface area (TPSA) is 75.4 Å². The molecule has 0 aliphatic rings. The predicted octanol–water partition coefficient (Wildman–Crippen LogP) is 6.49. The Balaban J connectivity index is 1.68. The summed E-state index contributed by atoms with van der Waals surface area (Å²) in [5, 5.41) is 3.07. The van der Waals surface area contributed by atoms with Crippen LogP contribution in [-0.2, 0) is 0 Å². The standard InChI is InChI=1S/C30H37N3O2/c1-2-3-4-5-14-23-33(30(31)35)28-20-13-12-19-27(28)29(34)32-22-21-26(24-15-8-6-9-16-24)25-17-10-7-11-18-25/h6-13,15-20,26H,2-5,14,21-23H2,1H3,(H2,31,35)(H,32,34). The Morgan fingerprint density at radius 2 is 1.37 bits per heavy atom. The number of carbonyl (C=O) groups is 2. The normalized spacial score (nSPS) is 10.8. The Morgan fingerprint density at radius 1 is 0.800 bits per heavy atom. The number of primary amides is 1. The van der Waals surface area contributed by atoms with Gasteiger partial charge in [-0.25, -0.2) is 4.79 Å². The zero-order chi connectivity index (χ0) is 24.9. The lowest BCUT2D eigenvalue weighted by molar-refractivity contribution is 0.0953. The van der Waals surface area contributed by atoms with Crippen LogP contribution in [0.1, 0.15) is 72.9 Å². The summed E-state index contributed by atoms with van der Waals surface area (Å²) in [5.74, 6) is -0.0177. The molecule has 35 heavy (non-hydrogen) atoms. The maximum Gasteiger partial charge on any atom is 0.319 e. The molecular weight excluding hydrogens is 434 g/mol.